The van der Waals surface area contributed by atoms with Gasteiger partial charge >= 0.3 is 0 Å². The van der Waals surface area contributed by atoms with E-state index in [2.05, 4.69) is 9.97 Å². The van der Waals surface area contributed by atoms with Crippen LogP contribution in [0.4, 0.5) is 4.39 Å². The van der Waals surface area contributed by atoms with Crippen molar-refractivity contribution in [1.29, 1.82) is 5.26 Å². The highest BCUT2D eigenvalue weighted by atomic mass is 19.1. The van der Waals surface area contributed by atoms with E-state index in [-0.39, 0.29) is 23.9 Å². The van der Waals surface area contributed by atoms with Gasteiger partial charge in [-0.15, -0.1) is 0 Å². The minimum atomic E-state index is -0.967. The van der Waals surface area contributed by atoms with E-state index < -0.39 is 6.10 Å². The van der Waals surface area contributed by atoms with Gasteiger partial charge in [-0.1, -0.05) is 6.07 Å². The Labute approximate surface area is 185 Å². The minimum Gasteiger partial charge on any atom is -0.385 e. The number of carbonyl (C=O) groups is 1. The van der Waals surface area contributed by atoms with Gasteiger partial charge in [0.05, 0.1) is 5.52 Å². The van der Waals surface area contributed by atoms with Crippen molar-refractivity contribution in [2.45, 2.75) is 44.1 Å². The van der Waals surface area contributed by atoms with Gasteiger partial charge < -0.3 is 5.11 Å². The van der Waals surface area contributed by atoms with Crippen molar-refractivity contribution < 1.29 is 14.3 Å². The molecule has 6 heteroatoms. The molecule has 0 aliphatic heterocycles. The smallest absolute Gasteiger partial charge is 0.165 e. The van der Waals surface area contributed by atoms with Crippen LogP contribution < -0.4 is 0 Å². The molecular formula is C26H24FN3O2. The van der Waals surface area contributed by atoms with Crippen LogP contribution in [0.5, 0.6) is 0 Å². The number of aliphatic hydroxyl groups excluding tert-OH is 1. The summed E-state index contributed by atoms with van der Waals surface area (Å²) >= 11 is 0. The molecule has 0 amide bonds. The van der Waals surface area contributed by atoms with E-state index in [1.54, 1.807) is 30.5 Å². The first-order valence-corrected chi connectivity index (χ1v) is 11.1. The van der Waals surface area contributed by atoms with Gasteiger partial charge in [-0.3, -0.25) is 9.78 Å². The van der Waals surface area contributed by atoms with Crippen molar-refractivity contribution in [3.05, 3.63) is 71.4 Å². The highest BCUT2D eigenvalue weighted by Crippen LogP contribution is 2.53. The number of aromatic nitrogens is 2. The lowest BCUT2D eigenvalue weighted by atomic mass is 9.87. The van der Waals surface area contributed by atoms with Crippen LogP contribution in [0, 0.1) is 34.9 Å². The molecule has 2 saturated carbocycles. The molecule has 2 aliphatic rings. The number of rotatable bonds is 5. The van der Waals surface area contributed by atoms with Gasteiger partial charge in [-0.25, -0.2) is 9.37 Å². The first-order chi connectivity index (χ1) is 15.5. The summed E-state index contributed by atoms with van der Waals surface area (Å²) < 4.78 is 13.8. The monoisotopic (exact) mass is 429 g/mol. The third-order valence-electron chi connectivity index (χ3n) is 7.32. The van der Waals surface area contributed by atoms with E-state index in [0.29, 0.717) is 29.0 Å². The van der Waals surface area contributed by atoms with Gasteiger partial charge in [0.1, 0.15) is 23.7 Å². The molecule has 1 N–H and O–H groups in total. The zero-order valence-electron chi connectivity index (χ0n) is 17.6. The van der Waals surface area contributed by atoms with Gasteiger partial charge in [0.15, 0.2) is 5.78 Å². The predicted octanol–water partition coefficient (Wildman–Crippen LogP) is 4.33. The van der Waals surface area contributed by atoms with Crippen molar-refractivity contribution in [2.75, 3.05) is 0 Å². The second-order valence-corrected chi connectivity index (χ2v) is 9.23. The Balaban J connectivity index is 1.23. The van der Waals surface area contributed by atoms with Crippen LogP contribution in [0.1, 0.15) is 48.4 Å². The van der Waals surface area contributed by atoms with E-state index in [1.807, 2.05) is 12.1 Å². The van der Waals surface area contributed by atoms with Crippen molar-refractivity contribution in [1.82, 2.24) is 9.97 Å². The van der Waals surface area contributed by atoms with Crippen molar-refractivity contribution in [3.63, 3.8) is 0 Å². The van der Waals surface area contributed by atoms with E-state index in [4.69, 9.17) is 5.26 Å². The number of nitriles is 1. The Bertz CT molecular complexity index is 1190. The maximum absolute atomic E-state index is 13.8. The summed E-state index contributed by atoms with van der Waals surface area (Å²) in [6.07, 6.45) is 6.17. The molecule has 2 heterocycles. The lowest BCUT2D eigenvalue weighted by Gasteiger charge is -2.20. The third-order valence-corrected chi connectivity index (χ3v) is 7.32. The van der Waals surface area contributed by atoms with E-state index in [9.17, 15) is 14.3 Å². The molecule has 2 aliphatic carbocycles. The molecular weight excluding hydrogens is 405 g/mol. The summed E-state index contributed by atoms with van der Waals surface area (Å²) in [6.45, 7) is 0. The summed E-state index contributed by atoms with van der Waals surface area (Å²) in [5, 5.41) is 20.4. The zero-order valence-corrected chi connectivity index (χ0v) is 17.6. The number of hydrogen-bond donors (Lipinski definition) is 1. The maximum Gasteiger partial charge on any atom is 0.165 e. The number of Topliss-reactive ketones (excluding diaryl/α,β-unsaturated/α-hetero) is 1. The Morgan fingerprint density at radius 1 is 1.12 bits per heavy atom. The van der Waals surface area contributed by atoms with Crippen molar-refractivity contribution in [3.8, 4) is 6.07 Å². The summed E-state index contributed by atoms with van der Waals surface area (Å²) in [5.41, 5.74) is 3.00. The number of aliphatic hydroxyl groups is 1. The number of halogens is 1. The highest BCUT2D eigenvalue weighted by Gasteiger charge is 2.45. The molecule has 162 valence electrons. The van der Waals surface area contributed by atoms with E-state index >= 15 is 0 Å². The fourth-order valence-corrected chi connectivity index (χ4v) is 5.83. The second-order valence-electron chi connectivity index (χ2n) is 9.23. The molecule has 5 nitrogen and oxygen atoms in total. The Morgan fingerprint density at radius 3 is 2.59 bits per heavy atom. The first kappa shape index (κ1) is 20.7. The van der Waals surface area contributed by atoms with E-state index in [1.165, 1.54) is 12.3 Å². The van der Waals surface area contributed by atoms with Crippen LogP contribution in [0.25, 0.3) is 10.9 Å². The van der Waals surface area contributed by atoms with Crippen LogP contribution in [0.3, 0.4) is 0 Å². The molecule has 2 fully saturated rings. The summed E-state index contributed by atoms with van der Waals surface area (Å²) in [6, 6.07) is 12.0. The molecule has 3 aromatic rings. The molecule has 3 unspecified atom stereocenters. The lowest BCUT2D eigenvalue weighted by molar-refractivity contribution is -0.129. The molecule has 32 heavy (non-hydrogen) atoms. The fraction of sp³-hybridized carbons (Fsp3) is 0.385. The van der Waals surface area contributed by atoms with Crippen LogP contribution in [-0.4, -0.2) is 27.0 Å². The molecule has 0 bridgehead atoms. The number of carbonyl (C=O) groups excluding carboxylic acids is 1. The minimum absolute atomic E-state index is 0.0172. The molecule has 5 rings (SSSR count). The number of ketones is 1. The van der Waals surface area contributed by atoms with Crippen LogP contribution >= 0.6 is 0 Å². The standard InChI is InChI=1S/C26H24FN3O2/c27-20-2-4-24-23(12-20)22(5-6-29-24)18-8-16-10-19(11-17(16)9-18)26(32)25(31)7-15-1-3-21(13-28)30-14-15/h1-6,12,14,16-19,26,32H,7-11H2/t16-,17+,18?,19?,26?. The molecule has 0 radical (unpaired) electrons. The fourth-order valence-electron chi connectivity index (χ4n) is 5.83. The van der Waals surface area contributed by atoms with Crippen molar-refractivity contribution >= 4 is 16.7 Å². The predicted molar refractivity (Wildman–Crippen MR) is 117 cm³/mol. The number of fused-ring (bicyclic) bond motifs is 2. The van der Waals surface area contributed by atoms with Gasteiger partial charge in [0, 0.05) is 24.2 Å². The van der Waals surface area contributed by atoms with Gasteiger partial charge in [-0.05, 0) is 90.8 Å². The van der Waals surface area contributed by atoms with Crippen LogP contribution in [0.2, 0.25) is 0 Å². The Morgan fingerprint density at radius 2 is 1.91 bits per heavy atom. The van der Waals surface area contributed by atoms with Crippen LogP contribution in [0.15, 0.2) is 48.8 Å². The largest absolute Gasteiger partial charge is 0.385 e. The molecule has 5 atom stereocenters. The average molecular weight is 429 g/mol. The number of hydrogen-bond acceptors (Lipinski definition) is 5. The van der Waals surface area contributed by atoms with Crippen molar-refractivity contribution in [2.24, 2.45) is 17.8 Å². The normalized spacial score (nSPS) is 25.4. The van der Waals surface area contributed by atoms with Crippen LogP contribution in [-0.2, 0) is 11.2 Å². The molecule has 0 spiro atoms. The average Bonchev–Trinajstić information content (AvgIpc) is 3.38. The first-order valence-electron chi connectivity index (χ1n) is 11.1. The Kier molecular flexibility index (Phi) is 5.44. The topological polar surface area (TPSA) is 86.9 Å². The van der Waals surface area contributed by atoms with Gasteiger partial charge in [0.2, 0.25) is 0 Å². The van der Waals surface area contributed by atoms with E-state index in [0.717, 1.165) is 42.1 Å². The third kappa shape index (κ3) is 3.89. The molecule has 2 aromatic heterocycles. The summed E-state index contributed by atoms with van der Waals surface area (Å²) in [5.74, 6) is 0.853. The SMILES string of the molecule is N#Cc1ccc(CC(=O)C(O)C2C[C@H]3CC(c4ccnc5ccc(F)cc45)C[C@H]3C2)cn1. The Hall–Kier alpha value is -3.17. The summed E-state index contributed by atoms with van der Waals surface area (Å²) in [7, 11) is 0. The summed E-state index contributed by atoms with van der Waals surface area (Å²) in [4.78, 5) is 21.0. The molecule has 1 aromatic carbocycles. The van der Waals surface area contributed by atoms with Gasteiger partial charge in [0.25, 0.3) is 0 Å². The zero-order chi connectivity index (χ0) is 22.2. The number of benzene rings is 1. The highest BCUT2D eigenvalue weighted by molar-refractivity contribution is 5.85. The maximum atomic E-state index is 13.8. The second kappa shape index (κ2) is 8.40. The number of nitrogens with zero attached hydrogens (tertiary/aromatic N) is 3. The van der Waals surface area contributed by atoms with Gasteiger partial charge in [-0.2, -0.15) is 5.26 Å². The lowest BCUT2D eigenvalue weighted by Crippen LogP contribution is -2.30. The number of pyridine rings is 2. The quantitative estimate of drug-likeness (QED) is 0.652. The molecule has 0 saturated heterocycles.